The number of benzene rings is 1. The molecule has 20 heavy (non-hydrogen) atoms. The van der Waals surface area contributed by atoms with Gasteiger partial charge in [-0.05, 0) is 17.7 Å². The molecule has 102 valence electrons. The third-order valence-corrected chi connectivity index (χ3v) is 3.10. The van der Waals surface area contributed by atoms with Gasteiger partial charge < -0.3 is 16.4 Å². The van der Waals surface area contributed by atoms with E-state index in [1.807, 2.05) is 18.2 Å². The lowest BCUT2D eigenvalue weighted by Crippen LogP contribution is -2.27. The van der Waals surface area contributed by atoms with Crippen LogP contribution in [0.5, 0.6) is 0 Å². The van der Waals surface area contributed by atoms with Gasteiger partial charge in [-0.3, -0.25) is 9.97 Å². The Bertz CT molecular complexity index is 708. The number of aromatic nitrogens is 2. The smallest absolute Gasteiger partial charge is 0.144 e. The van der Waals surface area contributed by atoms with Crippen LogP contribution in [-0.2, 0) is 6.54 Å². The van der Waals surface area contributed by atoms with Crippen LogP contribution in [0.2, 0.25) is 0 Å². The van der Waals surface area contributed by atoms with Gasteiger partial charge in [0.15, 0.2) is 0 Å². The Labute approximate surface area is 115 Å². The van der Waals surface area contributed by atoms with Gasteiger partial charge in [-0.25, -0.2) is 4.39 Å². The SMILES string of the molecule is NC1=C(F)CNC=C1NCc1ccc2nccnc2c1. The van der Waals surface area contributed by atoms with Gasteiger partial charge in [-0.1, -0.05) is 6.07 Å². The predicted octanol–water partition coefficient (Wildman–Crippen LogP) is 1.30. The van der Waals surface area contributed by atoms with Crippen molar-refractivity contribution in [1.82, 2.24) is 20.6 Å². The Morgan fingerprint density at radius 2 is 2.05 bits per heavy atom. The van der Waals surface area contributed by atoms with Crippen molar-refractivity contribution >= 4 is 11.0 Å². The third-order valence-electron chi connectivity index (χ3n) is 3.10. The lowest BCUT2D eigenvalue weighted by atomic mass is 10.1. The summed E-state index contributed by atoms with van der Waals surface area (Å²) in [7, 11) is 0. The van der Waals surface area contributed by atoms with Gasteiger partial charge in [0.05, 0.1) is 29.0 Å². The number of rotatable bonds is 3. The Morgan fingerprint density at radius 1 is 1.25 bits per heavy atom. The van der Waals surface area contributed by atoms with Crippen molar-refractivity contribution in [3.8, 4) is 0 Å². The molecule has 1 aromatic carbocycles. The highest BCUT2D eigenvalue weighted by atomic mass is 19.1. The molecule has 0 unspecified atom stereocenters. The second kappa shape index (κ2) is 5.16. The molecule has 0 atom stereocenters. The highest BCUT2D eigenvalue weighted by molar-refractivity contribution is 5.74. The van der Waals surface area contributed by atoms with Crippen LogP contribution in [0.3, 0.4) is 0 Å². The molecule has 4 N–H and O–H groups in total. The zero-order valence-corrected chi connectivity index (χ0v) is 10.7. The van der Waals surface area contributed by atoms with Gasteiger partial charge in [0.25, 0.3) is 0 Å². The fraction of sp³-hybridized carbons (Fsp3) is 0.143. The Morgan fingerprint density at radius 3 is 2.90 bits per heavy atom. The zero-order valence-electron chi connectivity index (χ0n) is 10.7. The second-order valence-corrected chi connectivity index (χ2v) is 4.49. The highest BCUT2D eigenvalue weighted by Crippen LogP contribution is 2.14. The standard InChI is InChI=1S/C14H14FN5/c15-10-7-17-8-13(14(10)16)20-6-9-1-2-11-12(5-9)19-4-3-18-11/h1-5,8,17,20H,6-7,16H2. The van der Waals surface area contributed by atoms with Crippen molar-refractivity contribution < 1.29 is 4.39 Å². The van der Waals surface area contributed by atoms with E-state index in [0.717, 1.165) is 16.6 Å². The van der Waals surface area contributed by atoms with E-state index < -0.39 is 0 Å². The van der Waals surface area contributed by atoms with Crippen LogP contribution in [-0.4, -0.2) is 16.5 Å². The van der Waals surface area contributed by atoms with Crippen molar-refractivity contribution in [3.05, 3.63) is 59.6 Å². The monoisotopic (exact) mass is 271 g/mol. The third kappa shape index (κ3) is 2.40. The summed E-state index contributed by atoms with van der Waals surface area (Å²) in [5.74, 6) is -0.348. The molecule has 6 heteroatoms. The topological polar surface area (TPSA) is 75.9 Å². The van der Waals surface area contributed by atoms with Crippen LogP contribution < -0.4 is 16.4 Å². The van der Waals surface area contributed by atoms with E-state index in [-0.39, 0.29) is 18.1 Å². The maximum Gasteiger partial charge on any atom is 0.144 e. The van der Waals surface area contributed by atoms with Crippen molar-refractivity contribution in [1.29, 1.82) is 0 Å². The van der Waals surface area contributed by atoms with Crippen LogP contribution in [0.1, 0.15) is 5.56 Å². The van der Waals surface area contributed by atoms with Crippen LogP contribution >= 0.6 is 0 Å². The van der Waals surface area contributed by atoms with Crippen LogP contribution in [0, 0.1) is 0 Å². The second-order valence-electron chi connectivity index (χ2n) is 4.49. The Kier molecular flexibility index (Phi) is 3.20. The zero-order chi connectivity index (χ0) is 13.9. The minimum absolute atomic E-state index is 0.141. The molecule has 0 spiro atoms. The summed E-state index contributed by atoms with van der Waals surface area (Å²) in [5, 5.41) is 5.93. The van der Waals surface area contributed by atoms with Crippen LogP contribution in [0.4, 0.5) is 4.39 Å². The molecule has 0 bridgehead atoms. The highest BCUT2D eigenvalue weighted by Gasteiger charge is 2.12. The van der Waals surface area contributed by atoms with Gasteiger partial charge in [-0.15, -0.1) is 0 Å². The molecule has 2 aromatic rings. The lowest BCUT2D eigenvalue weighted by molar-refractivity contribution is 0.570. The van der Waals surface area contributed by atoms with Crippen LogP contribution in [0.25, 0.3) is 11.0 Å². The lowest BCUT2D eigenvalue weighted by Gasteiger charge is -2.17. The summed E-state index contributed by atoms with van der Waals surface area (Å²) in [6, 6.07) is 5.81. The van der Waals surface area contributed by atoms with Crippen molar-refractivity contribution in [2.24, 2.45) is 5.73 Å². The molecule has 0 amide bonds. The first-order valence-electron chi connectivity index (χ1n) is 6.25. The van der Waals surface area contributed by atoms with E-state index in [1.165, 1.54) is 0 Å². The van der Waals surface area contributed by atoms with Crippen molar-refractivity contribution in [3.63, 3.8) is 0 Å². The Balaban J connectivity index is 1.76. The number of hydrogen-bond donors (Lipinski definition) is 3. The minimum atomic E-state index is -0.348. The molecular formula is C14H14FN5. The quantitative estimate of drug-likeness (QED) is 0.784. The molecule has 3 rings (SSSR count). The maximum absolute atomic E-state index is 13.4. The molecule has 5 nitrogen and oxygen atoms in total. The summed E-state index contributed by atoms with van der Waals surface area (Å²) in [6.07, 6.45) is 5.00. The normalized spacial score (nSPS) is 14.9. The van der Waals surface area contributed by atoms with E-state index in [1.54, 1.807) is 18.6 Å². The first-order valence-corrected chi connectivity index (χ1v) is 6.25. The molecule has 0 radical (unpaired) electrons. The first kappa shape index (κ1) is 12.4. The average molecular weight is 271 g/mol. The predicted molar refractivity (Wildman–Crippen MR) is 74.8 cm³/mol. The number of halogens is 1. The summed E-state index contributed by atoms with van der Waals surface area (Å²) < 4.78 is 13.4. The summed E-state index contributed by atoms with van der Waals surface area (Å²) in [4.78, 5) is 8.47. The van der Waals surface area contributed by atoms with Crippen molar-refractivity contribution in [2.45, 2.75) is 6.54 Å². The molecule has 0 saturated heterocycles. The number of nitrogens with zero attached hydrogens (tertiary/aromatic N) is 2. The molecule has 2 heterocycles. The molecule has 1 aliphatic heterocycles. The van der Waals surface area contributed by atoms with E-state index in [4.69, 9.17) is 5.73 Å². The number of nitrogens with one attached hydrogen (secondary N) is 2. The molecule has 0 aliphatic carbocycles. The van der Waals surface area contributed by atoms with Gasteiger partial charge in [0.2, 0.25) is 0 Å². The molecule has 1 aromatic heterocycles. The van der Waals surface area contributed by atoms with Gasteiger partial charge >= 0.3 is 0 Å². The van der Waals surface area contributed by atoms with Gasteiger partial charge in [0.1, 0.15) is 5.83 Å². The average Bonchev–Trinajstić information content (AvgIpc) is 2.48. The summed E-state index contributed by atoms with van der Waals surface area (Å²) in [5.41, 5.74) is 9.11. The number of fused-ring (bicyclic) bond motifs is 1. The van der Waals surface area contributed by atoms with E-state index in [0.29, 0.717) is 12.2 Å². The molecule has 1 aliphatic rings. The summed E-state index contributed by atoms with van der Waals surface area (Å²) >= 11 is 0. The van der Waals surface area contributed by atoms with E-state index in [2.05, 4.69) is 20.6 Å². The minimum Gasteiger partial charge on any atom is -0.395 e. The molecule has 0 saturated carbocycles. The molecular weight excluding hydrogens is 257 g/mol. The first-order chi connectivity index (χ1) is 9.74. The number of nitrogens with two attached hydrogens (primary N) is 1. The number of hydrogen-bond acceptors (Lipinski definition) is 5. The van der Waals surface area contributed by atoms with Gasteiger partial charge in [-0.2, -0.15) is 0 Å². The fourth-order valence-corrected chi connectivity index (χ4v) is 2.02. The van der Waals surface area contributed by atoms with Crippen LogP contribution in [0.15, 0.2) is 54.0 Å². The maximum atomic E-state index is 13.4. The fourth-order valence-electron chi connectivity index (χ4n) is 2.02. The molecule has 0 fully saturated rings. The van der Waals surface area contributed by atoms with Crippen molar-refractivity contribution in [2.75, 3.05) is 6.54 Å². The van der Waals surface area contributed by atoms with Gasteiger partial charge in [0, 0.05) is 25.1 Å². The van der Waals surface area contributed by atoms with E-state index >= 15 is 0 Å². The summed E-state index contributed by atoms with van der Waals surface area (Å²) in [6.45, 7) is 0.677. The largest absolute Gasteiger partial charge is 0.395 e. The van der Waals surface area contributed by atoms with E-state index in [9.17, 15) is 4.39 Å². The number of dihydropyridines is 1. The Hall–Kier alpha value is -2.63.